The van der Waals surface area contributed by atoms with Gasteiger partial charge in [-0.1, -0.05) is 0 Å². The van der Waals surface area contributed by atoms with E-state index in [1.54, 1.807) is 25.1 Å². The van der Waals surface area contributed by atoms with Crippen LogP contribution in [0.25, 0.3) is 0 Å². The summed E-state index contributed by atoms with van der Waals surface area (Å²) in [6, 6.07) is 5.00. The highest BCUT2D eigenvalue weighted by atomic mass is 16.7. The number of hydrogen-bond acceptors (Lipinski definition) is 5. The van der Waals surface area contributed by atoms with Gasteiger partial charge in [0.25, 0.3) is 0 Å². The van der Waals surface area contributed by atoms with Crippen LogP contribution in [0.1, 0.15) is 6.92 Å². The van der Waals surface area contributed by atoms with Gasteiger partial charge in [-0.15, -0.1) is 0 Å². The van der Waals surface area contributed by atoms with E-state index in [2.05, 4.69) is 4.74 Å². The van der Waals surface area contributed by atoms with Gasteiger partial charge < -0.3 is 19.1 Å². The Balaban J connectivity index is 2.16. The minimum Gasteiger partial charge on any atom is -0.459 e. The summed E-state index contributed by atoms with van der Waals surface area (Å²) in [5, 5.41) is 0. The van der Waals surface area contributed by atoms with E-state index in [9.17, 15) is 9.59 Å². The van der Waals surface area contributed by atoms with Gasteiger partial charge in [0.15, 0.2) is 11.5 Å². The fourth-order valence-electron chi connectivity index (χ4n) is 1.54. The number of ether oxygens (including phenoxy) is 3. The van der Waals surface area contributed by atoms with Gasteiger partial charge in [-0.2, -0.15) is 0 Å². The molecule has 0 aliphatic carbocycles. The first kappa shape index (κ1) is 12.2. The number of benzene rings is 1. The van der Waals surface area contributed by atoms with Crippen molar-refractivity contribution in [3.05, 3.63) is 18.2 Å². The van der Waals surface area contributed by atoms with Crippen LogP contribution in [0.2, 0.25) is 0 Å². The Hall–Kier alpha value is -2.24. The molecule has 0 radical (unpaired) electrons. The van der Waals surface area contributed by atoms with Crippen LogP contribution in [0.4, 0.5) is 5.69 Å². The minimum absolute atomic E-state index is 0.161. The van der Waals surface area contributed by atoms with E-state index in [0.717, 1.165) is 0 Å². The molecule has 0 atom stereocenters. The van der Waals surface area contributed by atoms with Gasteiger partial charge in [0.05, 0.1) is 6.61 Å². The van der Waals surface area contributed by atoms with E-state index in [4.69, 9.17) is 9.47 Å². The first-order chi connectivity index (χ1) is 8.63. The van der Waals surface area contributed by atoms with E-state index < -0.39 is 11.9 Å². The first-order valence-corrected chi connectivity index (χ1v) is 5.48. The Kier molecular flexibility index (Phi) is 3.36. The van der Waals surface area contributed by atoms with Crippen LogP contribution in [0, 0.1) is 0 Å². The van der Waals surface area contributed by atoms with E-state index in [0.29, 0.717) is 17.2 Å². The summed E-state index contributed by atoms with van der Waals surface area (Å²) in [5.41, 5.74) is 0.539. The molecular formula is C12H13NO5. The van der Waals surface area contributed by atoms with Crippen molar-refractivity contribution in [3.63, 3.8) is 0 Å². The molecule has 1 aromatic rings. The maximum Gasteiger partial charge on any atom is 0.397 e. The normalized spacial score (nSPS) is 12.1. The molecule has 0 N–H and O–H groups in total. The summed E-state index contributed by atoms with van der Waals surface area (Å²) in [6.45, 7) is 1.97. The first-order valence-electron chi connectivity index (χ1n) is 5.48. The number of fused-ring (bicyclic) bond motifs is 1. The summed E-state index contributed by atoms with van der Waals surface area (Å²) >= 11 is 0. The number of carbonyl (C=O) groups excluding carboxylic acids is 2. The lowest BCUT2D eigenvalue weighted by atomic mass is 10.2. The molecule has 1 heterocycles. The lowest BCUT2D eigenvalue weighted by molar-refractivity contribution is -0.153. The van der Waals surface area contributed by atoms with Crippen molar-refractivity contribution in [3.8, 4) is 11.5 Å². The van der Waals surface area contributed by atoms with Gasteiger partial charge in [0, 0.05) is 18.8 Å². The second kappa shape index (κ2) is 4.95. The molecule has 1 amide bonds. The summed E-state index contributed by atoms with van der Waals surface area (Å²) in [4.78, 5) is 24.2. The highest BCUT2D eigenvalue weighted by Crippen LogP contribution is 2.35. The molecule has 96 valence electrons. The van der Waals surface area contributed by atoms with Crippen LogP contribution in [-0.4, -0.2) is 32.3 Å². The number of anilines is 1. The fraction of sp³-hybridized carbons (Fsp3) is 0.333. The Morgan fingerprint density at radius 1 is 1.33 bits per heavy atom. The summed E-state index contributed by atoms with van der Waals surface area (Å²) < 4.78 is 15.0. The maximum atomic E-state index is 11.7. The molecule has 0 saturated carbocycles. The van der Waals surface area contributed by atoms with Crippen molar-refractivity contribution in [2.75, 3.05) is 25.3 Å². The summed E-state index contributed by atoms with van der Waals surface area (Å²) in [6.07, 6.45) is 0. The quantitative estimate of drug-likeness (QED) is 0.578. The van der Waals surface area contributed by atoms with Crippen LogP contribution >= 0.6 is 0 Å². The van der Waals surface area contributed by atoms with Crippen LogP contribution in [0.3, 0.4) is 0 Å². The van der Waals surface area contributed by atoms with Crippen LogP contribution in [0.5, 0.6) is 11.5 Å². The lowest BCUT2D eigenvalue weighted by Gasteiger charge is -2.16. The van der Waals surface area contributed by atoms with Gasteiger partial charge >= 0.3 is 11.9 Å². The molecule has 0 fully saturated rings. The van der Waals surface area contributed by atoms with Crippen LogP contribution in [0.15, 0.2) is 18.2 Å². The summed E-state index contributed by atoms with van der Waals surface area (Å²) in [7, 11) is 1.50. The van der Waals surface area contributed by atoms with Crippen molar-refractivity contribution in [2.45, 2.75) is 6.92 Å². The third-order valence-electron chi connectivity index (χ3n) is 2.50. The molecule has 1 aliphatic rings. The number of carbonyl (C=O) groups is 2. The zero-order valence-electron chi connectivity index (χ0n) is 10.1. The minimum atomic E-state index is -0.877. The van der Waals surface area contributed by atoms with E-state index in [1.165, 1.54) is 11.9 Å². The second-order valence-corrected chi connectivity index (χ2v) is 3.62. The molecule has 0 spiro atoms. The van der Waals surface area contributed by atoms with Crippen molar-refractivity contribution in [2.24, 2.45) is 0 Å². The van der Waals surface area contributed by atoms with Crippen molar-refractivity contribution in [1.82, 2.24) is 0 Å². The van der Waals surface area contributed by atoms with Crippen LogP contribution < -0.4 is 14.4 Å². The topological polar surface area (TPSA) is 65.1 Å². The van der Waals surface area contributed by atoms with E-state index >= 15 is 0 Å². The fourth-order valence-corrected chi connectivity index (χ4v) is 1.54. The Bertz CT molecular complexity index is 485. The van der Waals surface area contributed by atoms with Crippen LogP contribution in [-0.2, 0) is 14.3 Å². The standard InChI is InChI=1S/C12H13NO5/c1-3-16-12(15)11(14)13(2)8-4-5-9-10(6-8)18-7-17-9/h4-6H,3,7H2,1-2H3. The van der Waals surface area contributed by atoms with Gasteiger partial charge in [0.2, 0.25) is 6.79 Å². The predicted molar refractivity (Wildman–Crippen MR) is 62.6 cm³/mol. The maximum absolute atomic E-state index is 11.7. The zero-order chi connectivity index (χ0) is 13.1. The Morgan fingerprint density at radius 3 is 2.78 bits per heavy atom. The molecule has 0 unspecified atom stereocenters. The number of esters is 1. The van der Waals surface area contributed by atoms with Gasteiger partial charge in [-0.3, -0.25) is 4.79 Å². The SMILES string of the molecule is CCOC(=O)C(=O)N(C)c1ccc2c(c1)OCO2. The van der Waals surface area contributed by atoms with Gasteiger partial charge in [0.1, 0.15) is 0 Å². The van der Waals surface area contributed by atoms with E-state index in [1.807, 2.05) is 0 Å². The molecule has 6 heteroatoms. The number of hydrogen-bond donors (Lipinski definition) is 0. The number of nitrogens with zero attached hydrogens (tertiary/aromatic N) is 1. The molecule has 1 aliphatic heterocycles. The third kappa shape index (κ3) is 2.22. The van der Waals surface area contributed by atoms with Crippen molar-refractivity contribution in [1.29, 1.82) is 0 Å². The highest BCUT2D eigenvalue weighted by Gasteiger charge is 2.23. The van der Waals surface area contributed by atoms with E-state index in [-0.39, 0.29) is 13.4 Å². The van der Waals surface area contributed by atoms with Crippen molar-refractivity contribution >= 4 is 17.6 Å². The molecule has 0 saturated heterocycles. The number of rotatable bonds is 2. The Morgan fingerprint density at radius 2 is 2.06 bits per heavy atom. The zero-order valence-corrected chi connectivity index (χ0v) is 10.1. The molecule has 18 heavy (non-hydrogen) atoms. The van der Waals surface area contributed by atoms with Crippen molar-refractivity contribution < 1.29 is 23.8 Å². The smallest absolute Gasteiger partial charge is 0.397 e. The Labute approximate surface area is 104 Å². The van der Waals surface area contributed by atoms with Gasteiger partial charge in [-0.05, 0) is 19.1 Å². The predicted octanol–water partition coefficient (Wildman–Crippen LogP) is 0.941. The second-order valence-electron chi connectivity index (χ2n) is 3.62. The molecule has 2 rings (SSSR count). The number of amides is 1. The molecule has 1 aromatic carbocycles. The highest BCUT2D eigenvalue weighted by molar-refractivity contribution is 6.37. The number of likely N-dealkylation sites (N-methyl/N-ethyl adjacent to an activating group) is 1. The monoisotopic (exact) mass is 251 g/mol. The average molecular weight is 251 g/mol. The van der Waals surface area contributed by atoms with Gasteiger partial charge in [-0.25, -0.2) is 4.79 Å². The molecule has 0 aromatic heterocycles. The summed E-state index contributed by atoms with van der Waals surface area (Å²) in [5.74, 6) is -0.430. The third-order valence-corrected chi connectivity index (χ3v) is 2.50. The molecule has 6 nitrogen and oxygen atoms in total. The lowest BCUT2D eigenvalue weighted by Crippen LogP contribution is -2.34. The molecule has 0 bridgehead atoms. The average Bonchev–Trinajstić information content (AvgIpc) is 2.84. The molecular weight excluding hydrogens is 238 g/mol. The largest absolute Gasteiger partial charge is 0.459 e.